The van der Waals surface area contributed by atoms with Crippen LogP contribution in [-0.2, 0) is 17.9 Å². The molecule has 2 aromatic rings. The maximum atomic E-state index is 13.8. The van der Waals surface area contributed by atoms with Gasteiger partial charge in [0.05, 0.1) is 22.9 Å². The van der Waals surface area contributed by atoms with Crippen molar-refractivity contribution in [3.63, 3.8) is 0 Å². The molecule has 0 aliphatic rings. The molecule has 0 unspecified atom stereocenters. The SMILES string of the molecule is COCc1nc(-c2c(F)cccc2Cl)sc1CN. The van der Waals surface area contributed by atoms with Gasteiger partial charge in [0.25, 0.3) is 0 Å². The van der Waals surface area contributed by atoms with Crippen molar-refractivity contribution in [3.8, 4) is 10.6 Å². The fraction of sp³-hybridized carbons (Fsp3) is 0.250. The van der Waals surface area contributed by atoms with E-state index in [1.807, 2.05) is 0 Å². The molecule has 1 aromatic heterocycles. The van der Waals surface area contributed by atoms with Crippen molar-refractivity contribution >= 4 is 22.9 Å². The van der Waals surface area contributed by atoms with Gasteiger partial charge in [0.15, 0.2) is 0 Å². The second-order valence-corrected chi connectivity index (χ2v) is 5.11. The van der Waals surface area contributed by atoms with Crippen LogP contribution < -0.4 is 5.73 Å². The van der Waals surface area contributed by atoms with Gasteiger partial charge in [-0.25, -0.2) is 9.37 Å². The van der Waals surface area contributed by atoms with Gasteiger partial charge < -0.3 is 10.5 Å². The van der Waals surface area contributed by atoms with E-state index in [4.69, 9.17) is 22.1 Å². The monoisotopic (exact) mass is 286 g/mol. The van der Waals surface area contributed by atoms with Crippen LogP contribution >= 0.6 is 22.9 Å². The first-order valence-corrected chi connectivity index (χ1v) is 6.48. The van der Waals surface area contributed by atoms with E-state index in [0.717, 1.165) is 10.6 Å². The number of rotatable bonds is 4. The highest BCUT2D eigenvalue weighted by Gasteiger charge is 2.16. The van der Waals surface area contributed by atoms with E-state index in [9.17, 15) is 4.39 Å². The van der Waals surface area contributed by atoms with Gasteiger partial charge in [-0.15, -0.1) is 11.3 Å². The van der Waals surface area contributed by atoms with E-state index >= 15 is 0 Å². The molecule has 0 aliphatic carbocycles. The molecule has 1 aromatic carbocycles. The number of hydrogen-bond donors (Lipinski definition) is 1. The molecule has 0 saturated carbocycles. The maximum absolute atomic E-state index is 13.8. The summed E-state index contributed by atoms with van der Waals surface area (Å²) >= 11 is 7.35. The van der Waals surface area contributed by atoms with Crippen LogP contribution in [0.3, 0.4) is 0 Å². The Morgan fingerprint density at radius 1 is 1.50 bits per heavy atom. The summed E-state index contributed by atoms with van der Waals surface area (Å²) in [4.78, 5) is 5.23. The molecular formula is C12H12ClFN2OS. The molecule has 2 rings (SSSR count). The third-order valence-electron chi connectivity index (χ3n) is 2.42. The zero-order valence-electron chi connectivity index (χ0n) is 9.74. The minimum absolute atomic E-state index is 0.321. The average Bonchev–Trinajstić information content (AvgIpc) is 2.72. The molecule has 6 heteroatoms. The number of hydrogen-bond acceptors (Lipinski definition) is 4. The van der Waals surface area contributed by atoms with Crippen molar-refractivity contribution < 1.29 is 9.13 Å². The zero-order chi connectivity index (χ0) is 13.1. The predicted molar refractivity (Wildman–Crippen MR) is 71.1 cm³/mol. The fourth-order valence-electron chi connectivity index (χ4n) is 1.60. The highest BCUT2D eigenvalue weighted by molar-refractivity contribution is 7.15. The summed E-state index contributed by atoms with van der Waals surface area (Å²) in [5.41, 5.74) is 6.69. The second-order valence-electron chi connectivity index (χ2n) is 3.62. The van der Waals surface area contributed by atoms with Crippen molar-refractivity contribution in [3.05, 3.63) is 39.6 Å². The molecule has 3 nitrogen and oxygen atoms in total. The summed E-state index contributed by atoms with van der Waals surface area (Å²) in [6.45, 7) is 0.706. The third kappa shape index (κ3) is 2.54. The Hall–Kier alpha value is -1.01. The topological polar surface area (TPSA) is 48.1 Å². The van der Waals surface area contributed by atoms with E-state index in [2.05, 4.69) is 4.98 Å². The van der Waals surface area contributed by atoms with E-state index < -0.39 is 0 Å². The van der Waals surface area contributed by atoms with Crippen molar-refractivity contribution in [2.45, 2.75) is 13.2 Å². The lowest BCUT2D eigenvalue weighted by Crippen LogP contribution is -1.99. The zero-order valence-corrected chi connectivity index (χ0v) is 11.3. The quantitative estimate of drug-likeness (QED) is 0.939. The molecule has 0 amide bonds. The molecule has 0 bridgehead atoms. The minimum Gasteiger partial charge on any atom is -0.378 e. The molecule has 2 N–H and O–H groups in total. The molecule has 18 heavy (non-hydrogen) atoms. The predicted octanol–water partition coefficient (Wildman–Crippen LogP) is 3.21. The third-order valence-corrected chi connectivity index (χ3v) is 3.87. The second kappa shape index (κ2) is 5.75. The summed E-state index contributed by atoms with van der Waals surface area (Å²) in [7, 11) is 1.58. The Kier molecular flexibility index (Phi) is 4.29. The van der Waals surface area contributed by atoms with Crippen LogP contribution in [0.5, 0.6) is 0 Å². The van der Waals surface area contributed by atoms with Crippen LogP contribution in [0.25, 0.3) is 10.6 Å². The van der Waals surface area contributed by atoms with Crippen molar-refractivity contribution in [1.82, 2.24) is 4.98 Å². The average molecular weight is 287 g/mol. The van der Waals surface area contributed by atoms with E-state index in [-0.39, 0.29) is 5.82 Å². The molecule has 96 valence electrons. The number of methoxy groups -OCH3 is 1. The van der Waals surface area contributed by atoms with Gasteiger partial charge in [0, 0.05) is 18.5 Å². The van der Waals surface area contributed by atoms with Crippen LogP contribution in [0.2, 0.25) is 5.02 Å². The van der Waals surface area contributed by atoms with Crippen molar-refractivity contribution in [1.29, 1.82) is 0 Å². The van der Waals surface area contributed by atoms with Crippen molar-refractivity contribution in [2.24, 2.45) is 5.73 Å². The Balaban J connectivity index is 2.51. The van der Waals surface area contributed by atoms with Gasteiger partial charge in [-0.1, -0.05) is 17.7 Å². The first-order chi connectivity index (χ1) is 8.67. The van der Waals surface area contributed by atoms with E-state index in [1.165, 1.54) is 17.4 Å². The summed E-state index contributed by atoms with van der Waals surface area (Å²) in [5, 5.41) is 0.877. The molecule has 0 fully saturated rings. The normalized spacial score (nSPS) is 10.9. The van der Waals surface area contributed by atoms with Gasteiger partial charge >= 0.3 is 0 Å². The molecule has 0 aliphatic heterocycles. The largest absolute Gasteiger partial charge is 0.378 e. The Morgan fingerprint density at radius 2 is 2.28 bits per heavy atom. The van der Waals surface area contributed by atoms with Crippen LogP contribution in [0.1, 0.15) is 10.6 Å². The highest BCUT2D eigenvalue weighted by Crippen LogP contribution is 2.35. The molecule has 0 saturated heterocycles. The van der Waals surface area contributed by atoms with Crippen molar-refractivity contribution in [2.75, 3.05) is 7.11 Å². The maximum Gasteiger partial charge on any atom is 0.134 e. The number of benzene rings is 1. The Morgan fingerprint density at radius 3 is 2.89 bits per heavy atom. The van der Waals surface area contributed by atoms with Gasteiger partial charge in [0.2, 0.25) is 0 Å². The standard InChI is InChI=1S/C12H12ClFN2OS/c1-17-6-9-10(5-15)18-12(16-9)11-7(13)3-2-4-8(11)14/h2-4H,5-6,15H2,1H3. The number of ether oxygens (including phenoxy) is 1. The lowest BCUT2D eigenvalue weighted by atomic mass is 10.2. The van der Waals surface area contributed by atoms with Gasteiger partial charge in [-0.3, -0.25) is 0 Å². The van der Waals surface area contributed by atoms with Crippen LogP contribution in [0.4, 0.5) is 4.39 Å². The molecule has 0 spiro atoms. The number of nitrogens with zero attached hydrogens (tertiary/aromatic N) is 1. The summed E-state index contributed by atoms with van der Waals surface area (Å²) in [6.07, 6.45) is 0. The van der Waals surface area contributed by atoms with Crippen LogP contribution in [0.15, 0.2) is 18.2 Å². The van der Waals surface area contributed by atoms with Crippen LogP contribution in [0, 0.1) is 5.82 Å². The number of thiazole rings is 1. The molecule has 1 heterocycles. The Bertz CT molecular complexity index is 539. The molecular weight excluding hydrogens is 275 g/mol. The number of nitrogens with two attached hydrogens (primary N) is 1. The lowest BCUT2D eigenvalue weighted by molar-refractivity contribution is 0.181. The number of aromatic nitrogens is 1. The summed E-state index contributed by atoms with van der Waals surface area (Å²) in [6, 6.07) is 4.56. The Labute approximate surface area is 113 Å². The van der Waals surface area contributed by atoms with Gasteiger partial charge in [-0.2, -0.15) is 0 Å². The fourth-order valence-corrected chi connectivity index (χ4v) is 2.91. The first-order valence-electron chi connectivity index (χ1n) is 5.29. The molecule has 0 atom stereocenters. The summed E-state index contributed by atoms with van der Waals surface area (Å²) < 4.78 is 18.8. The first kappa shape index (κ1) is 13.4. The molecule has 0 radical (unpaired) electrons. The smallest absolute Gasteiger partial charge is 0.134 e. The van der Waals surface area contributed by atoms with Crippen LogP contribution in [-0.4, -0.2) is 12.1 Å². The summed E-state index contributed by atoms with van der Waals surface area (Å²) in [5.74, 6) is -0.385. The lowest BCUT2D eigenvalue weighted by Gasteiger charge is -2.01. The minimum atomic E-state index is -0.385. The van der Waals surface area contributed by atoms with Gasteiger partial charge in [0.1, 0.15) is 10.8 Å². The number of halogens is 2. The highest BCUT2D eigenvalue weighted by atomic mass is 35.5. The van der Waals surface area contributed by atoms with E-state index in [1.54, 1.807) is 19.2 Å². The van der Waals surface area contributed by atoms with E-state index in [0.29, 0.717) is 28.7 Å². The van der Waals surface area contributed by atoms with Gasteiger partial charge in [-0.05, 0) is 12.1 Å².